The van der Waals surface area contributed by atoms with Crippen LogP contribution in [-0.2, 0) is 0 Å². The van der Waals surface area contributed by atoms with Crippen molar-refractivity contribution in [3.63, 3.8) is 0 Å². The average molecular weight is 138 g/mol. The van der Waals surface area contributed by atoms with E-state index in [9.17, 15) is 0 Å². The van der Waals surface area contributed by atoms with E-state index >= 15 is 0 Å². The summed E-state index contributed by atoms with van der Waals surface area (Å²) >= 11 is 0. The molecule has 0 aliphatic carbocycles. The molecule has 1 N–H and O–H groups in total. The zero-order chi connectivity index (χ0) is 7.98. The van der Waals surface area contributed by atoms with Crippen molar-refractivity contribution < 1.29 is 0 Å². The van der Waals surface area contributed by atoms with Crippen LogP contribution < -0.4 is 5.32 Å². The number of nitrogens with zero attached hydrogens (tertiary/aromatic N) is 1. The maximum atomic E-state index is 8.48. The fourth-order valence-electron chi connectivity index (χ4n) is 0.520. The Labute approximate surface area is 62.5 Å². The van der Waals surface area contributed by atoms with Gasteiger partial charge < -0.3 is 5.32 Å². The van der Waals surface area contributed by atoms with Gasteiger partial charge in [0, 0.05) is 18.2 Å². The molecule has 0 aliphatic heterocycles. The van der Waals surface area contributed by atoms with Crippen LogP contribution in [0.1, 0.15) is 20.8 Å². The van der Waals surface area contributed by atoms with Crippen LogP contribution in [0.2, 0.25) is 0 Å². The quantitative estimate of drug-likeness (QED) is 0.599. The molecule has 0 bridgehead atoms. The SMILES string of the molecule is C/C=C(\C#N)CNC(C)C. The standard InChI is InChI=1S/C8H14N2/c1-4-8(5-9)6-10-7(2)3/h4,7,10H,6H2,1-3H3/b8-4+. The maximum absolute atomic E-state index is 8.48. The molecule has 0 saturated heterocycles. The van der Waals surface area contributed by atoms with Crippen molar-refractivity contribution >= 4 is 0 Å². The Hall–Kier alpha value is -0.810. The van der Waals surface area contributed by atoms with Crippen molar-refractivity contribution in [3.05, 3.63) is 11.6 Å². The monoisotopic (exact) mass is 138 g/mol. The zero-order valence-corrected chi connectivity index (χ0v) is 6.81. The third-order valence-corrected chi connectivity index (χ3v) is 1.19. The summed E-state index contributed by atoms with van der Waals surface area (Å²) in [5, 5.41) is 11.6. The Morgan fingerprint density at radius 3 is 2.60 bits per heavy atom. The number of allylic oxidation sites excluding steroid dienone is 1. The highest BCUT2D eigenvalue weighted by molar-refractivity contribution is 5.21. The lowest BCUT2D eigenvalue weighted by molar-refractivity contribution is 0.626. The molecular weight excluding hydrogens is 124 g/mol. The fraction of sp³-hybridized carbons (Fsp3) is 0.625. The topological polar surface area (TPSA) is 35.8 Å². The molecular formula is C8H14N2. The van der Waals surface area contributed by atoms with Crippen molar-refractivity contribution in [2.45, 2.75) is 26.8 Å². The minimum absolute atomic E-state index is 0.447. The smallest absolute Gasteiger partial charge is 0.0957 e. The van der Waals surface area contributed by atoms with Crippen LogP contribution in [0.15, 0.2) is 11.6 Å². The van der Waals surface area contributed by atoms with E-state index in [2.05, 4.69) is 25.2 Å². The molecule has 0 radical (unpaired) electrons. The first-order valence-electron chi connectivity index (χ1n) is 3.49. The molecule has 0 amide bonds. The summed E-state index contributed by atoms with van der Waals surface area (Å²) in [6.45, 7) is 6.68. The van der Waals surface area contributed by atoms with Crippen molar-refractivity contribution in [2.24, 2.45) is 0 Å². The van der Waals surface area contributed by atoms with Crippen LogP contribution in [0.4, 0.5) is 0 Å². The molecule has 10 heavy (non-hydrogen) atoms. The molecule has 0 rings (SSSR count). The van der Waals surface area contributed by atoms with Crippen LogP contribution in [0.5, 0.6) is 0 Å². The largest absolute Gasteiger partial charge is 0.310 e. The highest BCUT2D eigenvalue weighted by atomic mass is 14.9. The Balaban J connectivity index is 3.60. The van der Waals surface area contributed by atoms with Crippen LogP contribution in [-0.4, -0.2) is 12.6 Å². The Morgan fingerprint density at radius 1 is 1.70 bits per heavy atom. The number of hydrogen-bond acceptors (Lipinski definition) is 2. The normalized spacial score (nSPS) is 11.7. The third kappa shape index (κ3) is 4.11. The summed E-state index contributed by atoms with van der Waals surface area (Å²) in [4.78, 5) is 0. The van der Waals surface area contributed by atoms with Crippen LogP contribution in [0.25, 0.3) is 0 Å². The predicted molar refractivity (Wildman–Crippen MR) is 42.5 cm³/mol. The first kappa shape index (κ1) is 9.19. The van der Waals surface area contributed by atoms with Crippen LogP contribution in [0.3, 0.4) is 0 Å². The first-order valence-corrected chi connectivity index (χ1v) is 3.49. The van der Waals surface area contributed by atoms with E-state index in [0.29, 0.717) is 12.6 Å². The summed E-state index contributed by atoms with van der Waals surface area (Å²) in [6.07, 6.45) is 1.83. The Morgan fingerprint density at radius 2 is 2.30 bits per heavy atom. The maximum Gasteiger partial charge on any atom is 0.0957 e. The molecule has 2 nitrogen and oxygen atoms in total. The van der Waals surface area contributed by atoms with E-state index < -0.39 is 0 Å². The average Bonchev–Trinajstić information content (AvgIpc) is 1.90. The summed E-state index contributed by atoms with van der Waals surface area (Å²) in [5.41, 5.74) is 0.800. The van der Waals surface area contributed by atoms with Gasteiger partial charge in [0.2, 0.25) is 0 Å². The molecule has 56 valence electrons. The molecule has 0 aromatic rings. The molecule has 0 unspecified atom stereocenters. The number of hydrogen-bond donors (Lipinski definition) is 1. The molecule has 0 atom stereocenters. The lowest BCUT2D eigenvalue weighted by atomic mass is 10.2. The number of nitrogens with one attached hydrogen (secondary N) is 1. The van der Waals surface area contributed by atoms with Crippen LogP contribution >= 0.6 is 0 Å². The van der Waals surface area contributed by atoms with Gasteiger partial charge in [-0.15, -0.1) is 0 Å². The Kier molecular flexibility index (Phi) is 4.61. The van der Waals surface area contributed by atoms with E-state index in [1.54, 1.807) is 0 Å². The molecule has 2 heteroatoms. The molecule has 0 aliphatic rings. The van der Waals surface area contributed by atoms with E-state index in [0.717, 1.165) is 5.57 Å². The fourth-order valence-corrected chi connectivity index (χ4v) is 0.520. The van der Waals surface area contributed by atoms with Gasteiger partial charge in [0.25, 0.3) is 0 Å². The number of nitriles is 1. The third-order valence-electron chi connectivity index (χ3n) is 1.19. The highest BCUT2D eigenvalue weighted by Crippen LogP contribution is 1.89. The second kappa shape index (κ2) is 5.01. The summed E-state index contributed by atoms with van der Waals surface area (Å²) < 4.78 is 0. The molecule has 0 spiro atoms. The van der Waals surface area contributed by atoms with Gasteiger partial charge in [-0.2, -0.15) is 5.26 Å². The molecule has 0 aromatic carbocycles. The lowest BCUT2D eigenvalue weighted by Crippen LogP contribution is -2.24. The van der Waals surface area contributed by atoms with Gasteiger partial charge in [0.15, 0.2) is 0 Å². The number of rotatable bonds is 3. The predicted octanol–water partition coefficient (Wildman–Crippen LogP) is 1.45. The zero-order valence-electron chi connectivity index (χ0n) is 6.81. The second-order valence-electron chi connectivity index (χ2n) is 2.46. The molecule has 0 saturated carbocycles. The van der Waals surface area contributed by atoms with Crippen molar-refractivity contribution in [1.82, 2.24) is 5.32 Å². The van der Waals surface area contributed by atoms with Gasteiger partial charge in [-0.05, 0) is 6.92 Å². The van der Waals surface area contributed by atoms with E-state index in [4.69, 9.17) is 5.26 Å². The molecule has 0 fully saturated rings. The van der Waals surface area contributed by atoms with Gasteiger partial charge in [0.05, 0.1) is 6.07 Å². The summed E-state index contributed by atoms with van der Waals surface area (Å²) in [5.74, 6) is 0. The van der Waals surface area contributed by atoms with Gasteiger partial charge in [-0.1, -0.05) is 19.9 Å². The van der Waals surface area contributed by atoms with Gasteiger partial charge in [0.1, 0.15) is 0 Å². The molecule has 0 aromatic heterocycles. The molecule has 0 heterocycles. The van der Waals surface area contributed by atoms with E-state index in [1.165, 1.54) is 0 Å². The van der Waals surface area contributed by atoms with Crippen molar-refractivity contribution in [3.8, 4) is 6.07 Å². The first-order chi connectivity index (χ1) is 4.70. The van der Waals surface area contributed by atoms with Crippen molar-refractivity contribution in [1.29, 1.82) is 5.26 Å². The lowest BCUT2D eigenvalue weighted by Gasteiger charge is -2.05. The van der Waals surface area contributed by atoms with Crippen molar-refractivity contribution in [2.75, 3.05) is 6.54 Å². The van der Waals surface area contributed by atoms with Crippen LogP contribution in [0, 0.1) is 11.3 Å². The summed E-state index contributed by atoms with van der Waals surface area (Å²) in [6, 6.07) is 2.55. The van der Waals surface area contributed by atoms with E-state index in [1.807, 2.05) is 13.0 Å². The van der Waals surface area contributed by atoms with E-state index in [-0.39, 0.29) is 0 Å². The Bertz CT molecular complexity index is 151. The minimum atomic E-state index is 0.447. The minimum Gasteiger partial charge on any atom is -0.310 e. The van der Waals surface area contributed by atoms with Gasteiger partial charge in [-0.3, -0.25) is 0 Å². The van der Waals surface area contributed by atoms with Gasteiger partial charge in [-0.25, -0.2) is 0 Å². The highest BCUT2D eigenvalue weighted by Gasteiger charge is 1.94. The second-order valence-corrected chi connectivity index (χ2v) is 2.46. The summed E-state index contributed by atoms with van der Waals surface area (Å²) in [7, 11) is 0. The van der Waals surface area contributed by atoms with Gasteiger partial charge >= 0.3 is 0 Å².